The quantitative estimate of drug-likeness (QED) is 0.775. The molecule has 0 aliphatic heterocycles. The molecule has 1 fully saturated rings. The molecule has 3 rings (SSSR count). The van der Waals surface area contributed by atoms with Crippen LogP contribution in [0, 0.1) is 13.5 Å². The Morgan fingerprint density at radius 3 is 2.59 bits per heavy atom. The molecule has 1 heterocycles. The van der Waals surface area contributed by atoms with Crippen molar-refractivity contribution >= 4 is 28.9 Å². The van der Waals surface area contributed by atoms with E-state index in [0.29, 0.717) is 22.3 Å². The number of rotatable bonds is 4. The number of anilines is 1. The van der Waals surface area contributed by atoms with Crippen molar-refractivity contribution in [2.75, 3.05) is 11.9 Å². The predicted octanol–water partition coefficient (Wildman–Crippen LogP) is 4.77. The van der Waals surface area contributed by atoms with Crippen LogP contribution in [0.4, 0.5) is 11.4 Å². The molecule has 0 radical (unpaired) electrons. The molecule has 2 aromatic rings. The van der Waals surface area contributed by atoms with Gasteiger partial charge in [0.1, 0.15) is 0 Å². The van der Waals surface area contributed by atoms with Crippen molar-refractivity contribution in [1.82, 2.24) is 10.3 Å². The van der Waals surface area contributed by atoms with E-state index in [1.54, 1.807) is 12.3 Å². The molecule has 1 aliphatic rings. The van der Waals surface area contributed by atoms with Crippen molar-refractivity contribution in [3.05, 3.63) is 64.2 Å². The molecule has 1 amide bonds. The van der Waals surface area contributed by atoms with Crippen LogP contribution < -0.4 is 10.2 Å². The average Bonchev–Trinajstić information content (AvgIpc) is 2.68. The Morgan fingerprint density at radius 2 is 2.00 bits per heavy atom. The van der Waals surface area contributed by atoms with Gasteiger partial charge in [-0.1, -0.05) is 17.7 Å². The lowest BCUT2D eigenvalue weighted by Gasteiger charge is -2.36. The highest BCUT2D eigenvalue weighted by molar-refractivity contribution is 6.33. The molecule has 1 aromatic carbocycles. The van der Waals surface area contributed by atoms with Crippen molar-refractivity contribution in [2.45, 2.75) is 44.7 Å². The molecule has 1 aromatic heterocycles. The zero-order valence-corrected chi connectivity index (χ0v) is 16.3. The Hall–Kier alpha value is -2.58. The number of hydrogen-bond acceptors (Lipinski definition) is 3. The van der Waals surface area contributed by atoms with Gasteiger partial charge in [0, 0.05) is 41.7 Å². The number of pyridine rings is 1. The second kappa shape index (κ2) is 8.41. The highest BCUT2D eigenvalue weighted by Gasteiger charge is 2.25. The summed E-state index contributed by atoms with van der Waals surface area (Å²) < 4.78 is 0. The highest BCUT2D eigenvalue weighted by Crippen LogP contribution is 2.32. The number of carbonyl (C=O) groups is 1. The monoisotopic (exact) mass is 382 g/mol. The maximum atomic E-state index is 12.4. The van der Waals surface area contributed by atoms with E-state index in [0.717, 1.165) is 37.1 Å². The summed E-state index contributed by atoms with van der Waals surface area (Å²) in [6.45, 7) is 9.00. The Balaban J connectivity index is 1.55. The number of halogens is 1. The fourth-order valence-electron chi connectivity index (χ4n) is 3.49. The van der Waals surface area contributed by atoms with Crippen LogP contribution in [-0.4, -0.2) is 30.0 Å². The zero-order chi connectivity index (χ0) is 19.4. The lowest BCUT2D eigenvalue weighted by molar-refractivity contribution is 0.0925. The summed E-state index contributed by atoms with van der Waals surface area (Å²) in [6, 6.07) is 9.82. The van der Waals surface area contributed by atoms with E-state index in [9.17, 15) is 4.79 Å². The minimum Gasteiger partial charge on any atom is -0.372 e. The van der Waals surface area contributed by atoms with Crippen molar-refractivity contribution in [2.24, 2.45) is 0 Å². The average molecular weight is 383 g/mol. The molecule has 1 aliphatic carbocycles. The first-order chi connectivity index (χ1) is 13.0. The third-order valence-corrected chi connectivity index (χ3v) is 5.51. The van der Waals surface area contributed by atoms with Crippen molar-refractivity contribution in [1.29, 1.82) is 0 Å². The van der Waals surface area contributed by atoms with Crippen LogP contribution in [0.2, 0.25) is 5.02 Å². The van der Waals surface area contributed by atoms with Gasteiger partial charge in [-0.15, -0.1) is 0 Å². The van der Waals surface area contributed by atoms with Crippen LogP contribution in [0.25, 0.3) is 4.85 Å². The van der Waals surface area contributed by atoms with Gasteiger partial charge >= 0.3 is 0 Å². The van der Waals surface area contributed by atoms with Crippen LogP contribution >= 0.6 is 11.6 Å². The van der Waals surface area contributed by atoms with Gasteiger partial charge in [0.2, 0.25) is 5.69 Å². The smallest absolute Gasteiger partial charge is 0.253 e. The summed E-state index contributed by atoms with van der Waals surface area (Å²) in [6.07, 6.45) is 5.49. The number of amides is 1. The van der Waals surface area contributed by atoms with Crippen molar-refractivity contribution in [3.8, 4) is 0 Å². The molecule has 140 valence electrons. The normalized spacial score (nSPS) is 19.2. The van der Waals surface area contributed by atoms with Gasteiger partial charge in [0.15, 0.2) is 0 Å². The van der Waals surface area contributed by atoms with Gasteiger partial charge in [-0.3, -0.25) is 9.78 Å². The van der Waals surface area contributed by atoms with E-state index >= 15 is 0 Å². The number of nitrogens with one attached hydrogen (secondary N) is 1. The van der Waals surface area contributed by atoms with Crippen LogP contribution in [0.15, 0.2) is 36.5 Å². The van der Waals surface area contributed by atoms with E-state index in [1.165, 1.54) is 0 Å². The molecule has 1 N–H and O–H groups in total. The highest BCUT2D eigenvalue weighted by atomic mass is 35.5. The molecular weight excluding hydrogens is 360 g/mol. The minimum atomic E-state index is -0.0548. The Kier molecular flexibility index (Phi) is 5.98. The number of aryl methyl sites for hydroxylation is 1. The van der Waals surface area contributed by atoms with E-state index in [2.05, 4.69) is 27.1 Å². The lowest BCUT2D eigenvalue weighted by atomic mass is 9.90. The van der Waals surface area contributed by atoms with Crippen LogP contribution in [0.1, 0.15) is 41.7 Å². The molecule has 0 spiro atoms. The van der Waals surface area contributed by atoms with Crippen LogP contribution in [0.3, 0.4) is 0 Å². The van der Waals surface area contributed by atoms with E-state index < -0.39 is 0 Å². The first kappa shape index (κ1) is 19.2. The number of aromatic nitrogens is 1. The van der Waals surface area contributed by atoms with E-state index in [4.69, 9.17) is 18.2 Å². The molecule has 5 nitrogen and oxygen atoms in total. The van der Waals surface area contributed by atoms with Gasteiger partial charge in [-0.05, 0) is 56.9 Å². The van der Waals surface area contributed by atoms with E-state index in [1.807, 2.05) is 31.2 Å². The first-order valence-electron chi connectivity index (χ1n) is 9.11. The summed E-state index contributed by atoms with van der Waals surface area (Å²) in [5.41, 5.74) is 3.01. The summed E-state index contributed by atoms with van der Waals surface area (Å²) in [5.74, 6) is -0.0548. The Bertz CT molecular complexity index is 851. The topological polar surface area (TPSA) is 49.6 Å². The Labute approximate surface area is 165 Å². The number of carbonyl (C=O) groups excluding carboxylic acids is 1. The molecule has 0 unspecified atom stereocenters. The molecule has 0 atom stereocenters. The molecule has 27 heavy (non-hydrogen) atoms. The number of benzene rings is 1. The summed E-state index contributed by atoms with van der Waals surface area (Å²) >= 11 is 6.17. The fraction of sp³-hybridized carbons (Fsp3) is 0.381. The van der Waals surface area contributed by atoms with Gasteiger partial charge in [0.25, 0.3) is 5.91 Å². The minimum absolute atomic E-state index is 0.0548. The molecule has 1 saturated carbocycles. The largest absolute Gasteiger partial charge is 0.372 e. The van der Waals surface area contributed by atoms with Gasteiger partial charge in [-0.25, -0.2) is 4.85 Å². The lowest BCUT2D eigenvalue weighted by Crippen LogP contribution is -2.43. The standard InChI is InChI=1S/C21H23ClN4O/c1-14-4-5-15(13-24-14)21(27)25-16-6-8-17(9-7-16)26(3)18-10-11-20(23-2)19(22)12-18/h4-5,10-13,16-17H,6-9H2,1,3H3,(H,25,27). The third-order valence-electron chi connectivity index (χ3n) is 5.21. The van der Waals surface area contributed by atoms with Gasteiger partial charge in [0.05, 0.1) is 12.1 Å². The van der Waals surface area contributed by atoms with Gasteiger partial charge < -0.3 is 10.2 Å². The fourth-order valence-corrected chi connectivity index (χ4v) is 3.71. The van der Waals surface area contributed by atoms with Crippen LogP contribution in [0.5, 0.6) is 0 Å². The second-order valence-electron chi connectivity index (χ2n) is 7.03. The van der Waals surface area contributed by atoms with Crippen LogP contribution in [-0.2, 0) is 0 Å². The summed E-state index contributed by atoms with van der Waals surface area (Å²) in [4.78, 5) is 22.2. The maximum Gasteiger partial charge on any atom is 0.253 e. The predicted molar refractivity (Wildman–Crippen MR) is 109 cm³/mol. The van der Waals surface area contributed by atoms with Crippen molar-refractivity contribution < 1.29 is 4.79 Å². The molecule has 6 heteroatoms. The molecule has 0 saturated heterocycles. The summed E-state index contributed by atoms with van der Waals surface area (Å²) in [5, 5.41) is 3.61. The first-order valence-corrected chi connectivity index (χ1v) is 9.49. The van der Waals surface area contributed by atoms with Crippen molar-refractivity contribution in [3.63, 3.8) is 0 Å². The molecular formula is C21H23ClN4O. The molecule has 0 bridgehead atoms. The number of hydrogen-bond donors (Lipinski definition) is 1. The Morgan fingerprint density at radius 1 is 1.26 bits per heavy atom. The SMILES string of the molecule is [C-]#[N+]c1ccc(N(C)C2CCC(NC(=O)c3ccc(C)nc3)CC2)cc1Cl. The van der Waals surface area contributed by atoms with E-state index in [-0.39, 0.29) is 11.9 Å². The third kappa shape index (κ3) is 4.58. The van der Waals surface area contributed by atoms with Gasteiger partial charge in [-0.2, -0.15) is 0 Å². The zero-order valence-electron chi connectivity index (χ0n) is 15.6. The second-order valence-corrected chi connectivity index (χ2v) is 7.43. The maximum absolute atomic E-state index is 12.4. The summed E-state index contributed by atoms with van der Waals surface area (Å²) in [7, 11) is 2.06. The number of nitrogens with zero attached hydrogens (tertiary/aromatic N) is 3.